The van der Waals surface area contributed by atoms with Crippen LogP contribution in [0.3, 0.4) is 0 Å². The van der Waals surface area contributed by atoms with E-state index in [9.17, 15) is 9.18 Å². The average molecular weight is 336 g/mol. The summed E-state index contributed by atoms with van der Waals surface area (Å²) >= 11 is 0. The molecule has 1 aliphatic heterocycles. The van der Waals surface area contributed by atoms with Gasteiger partial charge in [-0.2, -0.15) is 0 Å². The Bertz CT molecular complexity index is 843. The van der Waals surface area contributed by atoms with E-state index < -0.39 is 0 Å². The molecule has 0 spiro atoms. The summed E-state index contributed by atoms with van der Waals surface area (Å²) in [6, 6.07) is 13.1. The van der Waals surface area contributed by atoms with Gasteiger partial charge in [-0.1, -0.05) is 24.3 Å². The Balaban J connectivity index is 1.73. The monoisotopic (exact) mass is 336 g/mol. The molecule has 3 unspecified atom stereocenters. The number of fused-ring (bicyclic) bond motifs is 3. The number of hydrogen-bond acceptors (Lipinski definition) is 2. The van der Waals surface area contributed by atoms with Gasteiger partial charge in [-0.3, -0.25) is 4.79 Å². The van der Waals surface area contributed by atoms with E-state index >= 15 is 0 Å². The number of hydrogen-bond donors (Lipinski definition) is 1. The summed E-state index contributed by atoms with van der Waals surface area (Å²) in [4.78, 5) is 13.3. The number of benzene rings is 2. The molecule has 0 aromatic heterocycles. The molecule has 3 atom stereocenters. The van der Waals surface area contributed by atoms with Crippen LogP contribution in [0.4, 0.5) is 15.8 Å². The number of carbonyl (C=O) groups is 1. The van der Waals surface area contributed by atoms with Crippen LogP contribution in [0, 0.1) is 11.7 Å². The van der Waals surface area contributed by atoms with E-state index in [1.807, 2.05) is 24.3 Å². The Morgan fingerprint density at radius 2 is 1.96 bits per heavy atom. The van der Waals surface area contributed by atoms with E-state index in [2.05, 4.69) is 23.5 Å². The van der Waals surface area contributed by atoms with Gasteiger partial charge < -0.3 is 10.2 Å². The third-order valence-corrected chi connectivity index (χ3v) is 5.44. The summed E-state index contributed by atoms with van der Waals surface area (Å²) in [6.45, 7) is 1.57. The van der Waals surface area contributed by atoms with Crippen LogP contribution in [0.1, 0.15) is 36.4 Å². The van der Waals surface area contributed by atoms with Gasteiger partial charge in [-0.15, -0.1) is 0 Å². The second-order valence-corrected chi connectivity index (χ2v) is 6.88. The molecule has 1 heterocycles. The van der Waals surface area contributed by atoms with Crippen molar-refractivity contribution < 1.29 is 9.18 Å². The highest BCUT2D eigenvalue weighted by Gasteiger charge is 2.38. The van der Waals surface area contributed by atoms with Crippen LogP contribution in [0.15, 0.2) is 54.6 Å². The number of halogens is 1. The summed E-state index contributed by atoms with van der Waals surface area (Å²) in [5.41, 5.74) is 4.33. The van der Waals surface area contributed by atoms with Gasteiger partial charge in [0.25, 0.3) is 0 Å². The fourth-order valence-electron chi connectivity index (χ4n) is 3.97. The SMILES string of the molecule is CC(=O)N(C)c1ccc2c(c1)C1C=CCC1C(c1ccc(F)cc1)N2. The molecule has 1 amide bonds. The average Bonchev–Trinajstić information content (AvgIpc) is 3.10. The zero-order chi connectivity index (χ0) is 17.6. The molecule has 1 N–H and O–H groups in total. The van der Waals surface area contributed by atoms with Crippen LogP contribution in [0.5, 0.6) is 0 Å². The van der Waals surface area contributed by atoms with Crippen molar-refractivity contribution >= 4 is 17.3 Å². The summed E-state index contributed by atoms with van der Waals surface area (Å²) in [5.74, 6) is 0.520. The summed E-state index contributed by atoms with van der Waals surface area (Å²) in [5, 5.41) is 3.63. The van der Waals surface area contributed by atoms with E-state index in [1.165, 1.54) is 17.7 Å². The van der Waals surface area contributed by atoms with Crippen LogP contribution < -0.4 is 10.2 Å². The molecule has 25 heavy (non-hydrogen) atoms. The quantitative estimate of drug-likeness (QED) is 0.811. The van der Waals surface area contributed by atoms with Crippen molar-refractivity contribution in [2.24, 2.45) is 5.92 Å². The summed E-state index contributed by atoms with van der Waals surface area (Å²) in [6.07, 6.45) is 5.48. The number of carbonyl (C=O) groups excluding carboxylic acids is 1. The minimum atomic E-state index is -0.210. The van der Waals surface area contributed by atoms with Gasteiger partial charge in [0.1, 0.15) is 5.82 Å². The lowest BCUT2D eigenvalue weighted by Gasteiger charge is -2.38. The van der Waals surface area contributed by atoms with E-state index in [4.69, 9.17) is 0 Å². The normalized spacial score (nSPS) is 23.6. The first-order valence-electron chi connectivity index (χ1n) is 8.61. The third-order valence-electron chi connectivity index (χ3n) is 5.44. The van der Waals surface area contributed by atoms with Crippen molar-refractivity contribution in [3.05, 3.63) is 71.6 Å². The number of nitrogens with one attached hydrogen (secondary N) is 1. The van der Waals surface area contributed by atoms with Crippen LogP contribution >= 0.6 is 0 Å². The fraction of sp³-hybridized carbons (Fsp3) is 0.286. The largest absolute Gasteiger partial charge is 0.378 e. The maximum absolute atomic E-state index is 13.3. The smallest absolute Gasteiger partial charge is 0.223 e. The first kappa shape index (κ1) is 15.9. The van der Waals surface area contributed by atoms with Gasteiger partial charge >= 0.3 is 0 Å². The van der Waals surface area contributed by atoms with Crippen molar-refractivity contribution in [3.63, 3.8) is 0 Å². The van der Waals surface area contributed by atoms with Crippen LogP contribution in [-0.2, 0) is 4.79 Å². The molecule has 2 aromatic carbocycles. The third kappa shape index (κ3) is 2.72. The fourth-order valence-corrected chi connectivity index (χ4v) is 3.97. The maximum atomic E-state index is 13.3. The molecule has 0 fully saturated rings. The Morgan fingerprint density at radius 1 is 1.20 bits per heavy atom. The van der Waals surface area contributed by atoms with Crippen LogP contribution in [0.25, 0.3) is 0 Å². The second-order valence-electron chi connectivity index (χ2n) is 6.88. The standard InChI is InChI=1S/C21H21FN2O/c1-13(25)24(2)16-10-11-20-19(12-16)17-4-3-5-18(17)21(23-20)14-6-8-15(22)9-7-14/h3-4,6-12,17-18,21,23H,5H2,1-2H3. The highest BCUT2D eigenvalue weighted by atomic mass is 19.1. The van der Waals surface area contributed by atoms with E-state index in [1.54, 1.807) is 18.9 Å². The number of anilines is 2. The molecular formula is C21H21FN2O. The van der Waals surface area contributed by atoms with Crippen molar-refractivity contribution in [1.82, 2.24) is 0 Å². The Labute approximate surface area is 147 Å². The van der Waals surface area contributed by atoms with Crippen molar-refractivity contribution in [1.29, 1.82) is 0 Å². The molecule has 1 aliphatic carbocycles. The predicted molar refractivity (Wildman–Crippen MR) is 98.3 cm³/mol. The number of allylic oxidation sites excluding steroid dienone is 2. The molecule has 4 heteroatoms. The number of nitrogens with zero attached hydrogens (tertiary/aromatic N) is 1. The van der Waals surface area contributed by atoms with E-state index in [0.29, 0.717) is 11.8 Å². The van der Waals surface area contributed by atoms with Gasteiger partial charge in [-0.05, 0) is 53.8 Å². The number of rotatable bonds is 2. The van der Waals surface area contributed by atoms with E-state index in [-0.39, 0.29) is 17.8 Å². The van der Waals surface area contributed by atoms with Gasteiger partial charge in [0.2, 0.25) is 5.91 Å². The van der Waals surface area contributed by atoms with Gasteiger partial charge in [0, 0.05) is 31.3 Å². The zero-order valence-corrected chi connectivity index (χ0v) is 14.4. The van der Waals surface area contributed by atoms with Crippen molar-refractivity contribution in [3.8, 4) is 0 Å². The Morgan fingerprint density at radius 3 is 2.68 bits per heavy atom. The molecular weight excluding hydrogens is 315 g/mol. The lowest BCUT2D eigenvalue weighted by atomic mass is 9.77. The van der Waals surface area contributed by atoms with Gasteiger partial charge in [0.15, 0.2) is 0 Å². The van der Waals surface area contributed by atoms with Crippen molar-refractivity contribution in [2.45, 2.75) is 25.3 Å². The highest BCUT2D eigenvalue weighted by molar-refractivity contribution is 5.91. The van der Waals surface area contributed by atoms with Crippen LogP contribution in [0.2, 0.25) is 0 Å². The first-order valence-corrected chi connectivity index (χ1v) is 8.61. The van der Waals surface area contributed by atoms with Crippen molar-refractivity contribution in [2.75, 3.05) is 17.3 Å². The zero-order valence-electron chi connectivity index (χ0n) is 14.4. The van der Waals surface area contributed by atoms with E-state index in [0.717, 1.165) is 23.4 Å². The summed E-state index contributed by atoms with van der Waals surface area (Å²) < 4.78 is 13.3. The molecule has 128 valence electrons. The molecule has 2 aliphatic rings. The second kappa shape index (κ2) is 6.03. The highest BCUT2D eigenvalue weighted by Crippen LogP contribution is 2.50. The maximum Gasteiger partial charge on any atom is 0.223 e. The first-order chi connectivity index (χ1) is 12.0. The minimum absolute atomic E-state index is 0.0198. The summed E-state index contributed by atoms with van der Waals surface area (Å²) in [7, 11) is 1.80. The number of amides is 1. The van der Waals surface area contributed by atoms with Crippen LogP contribution in [-0.4, -0.2) is 13.0 Å². The molecule has 0 radical (unpaired) electrons. The minimum Gasteiger partial charge on any atom is -0.378 e. The molecule has 0 saturated carbocycles. The topological polar surface area (TPSA) is 32.3 Å². The van der Waals surface area contributed by atoms with Gasteiger partial charge in [-0.25, -0.2) is 4.39 Å². The molecule has 4 rings (SSSR count). The lowest BCUT2D eigenvalue weighted by Crippen LogP contribution is -2.30. The van der Waals surface area contributed by atoms with Gasteiger partial charge in [0.05, 0.1) is 6.04 Å². The Kier molecular flexibility index (Phi) is 3.83. The Hall–Kier alpha value is -2.62. The molecule has 2 aromatic rings. The predicted octanol–water partition coefficient (Wildman–Crippen LogP) is 4.63. The molecule has 0 bridgehead atoms. The molecule has 3 nitrogen and oxygen atoms in total. The molecule has 0 saturated heterocycles. The lowest BCUT2D eigenvalue weighted by molar-refractivity contribution is -0.116.